The Kier molecular flexibility index (Phi) is 6.50. The van der Waals surface area contributed by atoms with Crippen LogP contribution in [0.3, 0.4) is 0 Å². The van der Waals surface area contributed by atoms with Gasteiger partial charge in [0, 0.05) is 25.2 Å². The van der Waals surface area contributed by atoms with Crippen LogP contribution in [0.1, 0.15) is 44.9 Å². The standard InChI is InChI=1S/C21H29N3O3.ClH/c1-27-18-9-8-16(12-17(18)24-11-5-3-7-19(24)25)23-20(26)21-10-4-2-6-15(21)13-22-14-21;/h8-9,12,15,22H,2-7,10-11,13-14H2,1H3,(H,23,26);1H/t15-,21+;/m0./s1. The third-order valence-corrected chi connectivity index (χ3v) is 6.54. The molecule has 1 saturated carbocycles. The molecule has 0 unspecified atom stereocenters. The number of benzene rings is 1. The zero-order valence-electron chi connectivity index (χ0n) is 16.5. The summed E-state index contributed by atoms with van der Waals surface area (Å²) in [6, 6.07) is 5.60. The molecule has 2 heterocycles. The molecule has 7 heteroatoms. The molecule has 0 aromatic heterocycles. The number of nitrogens with zero attached hydrogens (tertiary/aromatic N) is 1. The van der Waals surface area contributed by atoms with Gasteiger partial charge in [0.1, 0.15) is 5.75 Å². The Morgan fingerprint density at radius 1 is 1.29 bits per heavy atom. The van der Waals surface area contributed by atoms with Crippen LogP contribution < -0.4 is 20.3 Å². The highest BCUT2D eigenvalue weighted by atomic mass is 35.5. The molecule has 1 aliphatic carbocycles. The van der Waals surface area contributed by atoms with Gasteiger partial charge in [-0.15, -0.1) is 12.4 Å². The van der Waals surface area contributed by atoms with Gasteiger partial charge < -0.3 is 20.3 Å². The van der Waals surface area contributed by atoms with Gasteiger partial charge in [0.25, 0.3) is 0 Å². The minimum atomic E-state index is -0.292. The number of hydrogen-bond donors (Lipinski definition) is 2. The maximum Gasteiger partial charge on any atom is 0.232 e. The SMILES string of the molecule is COc1ccc(NC(=O)[C@@]23CCCC[C@H]2CNC3)cc1N1CCCCC1=O.Cl. The summed E-state index contributed by atoms with van der Waals surface area (Å²) in [7, 11) is 1.61. The molecule has 1 aromatic carbocycles. The van der Waals surface area contributed by atoms with Crippen molar-refractivity contribution in [3.8, 4) is 5.75 Å². The number of anilines is 2. The average Bonchev–Trinajstić information content (AvgIpc) is 3.14. The van der Waals surface area contributed by atoms with Gasteiger partial charge >= 0.3 is 0 Å². The number of carbonyl (C=O) groups is 2. The van der Waals surface area contributed by atoms with Gasteiger partial charge in [-0.3, -0.25) is 9.59 Å². The zero-order chi connectivity index (χ0) is 18.9. The Bertz CT molecular complexity index is 742. The number of piperidine rings is 1. The number of nitrogens with one attached hydrogen (secondary N) is 2. The van der Waals surface area contributed by atoms with Crippen LogP contribution in [0.4, 0.5) is 11.4 Å². The molecule has 4 rings (SSSR count). The van der Waals surface area contributed by atoms with Gasteiger partial charge in [0.15, 0.2) is 0 Å². The minimum Gasteiger partial charge on any atom is -0.495 e. The van der Waals surface area contributed by atoms with Crippen LogP contribution in [-0.2, 0) is 9.59 Å². The molecule has 2 atom stereocenters. The molecule has 154 valence electrons. The highest BCUT2D eigenvalue weighted by Crippen LogP contribution is 2.45. The molecule has 2 saturated heterocycles. The maximum absolute atomic E-state index is 13.2. The first-order chi connectivity index (χ1) is 13.1. The number of carbonyl (C=O) groups excluding carboxylic acids is 2. The number of rotatable bonds is 4. The summed E-state index contributed by atoms with van der Waals surface area (Å²) in [6.45, 7) is 2.39. The van der Waals surface area contributed by atoms with E-state index >= 15 is 0 Å². The molecule has 0 spiro atoms. The van der Waals surface area contributed by atoms with Crippen molar-refractivity contribution in [2.75, 3.05) is 37.0 Å². The van der Waals surface area contributed by atoms with Gasteiger partial charge in [-0.2, -0.15) is 0 Å². The molecule has 3 fully saturated rings. The molecule has 6 nitrogen and oxygen atoms in total. The summed E-state index contributed by atoms with van der Waals surface area (Å²) in [4.78, 5) is 27.4. The number of halogens is 1. The monoisotopic (exact) mass is 407 g/mol. The number of fused-ring (bicyclic) bond motifs is 1. The first-order valence-electron chi connectivity index (χ1n) is 10.1. The van der Waals surface area contributed by atoms with Crippen molar-refractivity contribution in [3.05, 3.63) is 18.2 Å². The van der Waals surface area contributed by atoms with Gasteiger partial charge in [-0.25, -0.2) is 0 Å². The summed E-state index contributed by atoms with van der Waals surface area (Å²) in [6.07, 6.45) is 6.89. The van der Waals surface area contributed by atoms with Crippen LogP contribution in [0.5, 0.6) is 5.75 Å². The van der Waals surface area contributed by atoms with Crippen molar-refractivity contribution in [1.29, 1.82) is 0 Å². The molecule has 1 aromatic rings. The lowest BCUT2D eigenvalue weighted by atomic mass is 9.67. The van der Waals surface area contributed by atoms with Crippen molar-refractivity contribution in [3.63, 3.8) is 0 Å². The first-order valence-corrected chi connectivity index (χ1v) is 10.1. The fraction of sp³-hybridized carbons (Fsp3) is 0.619. The molecule has 2 N–H and O–H groups in total. The summed E-state index contributed by atoms with van der Waals surface area (Å²) >= 11 is 0. The lowest BCUT2D eigenvalue weighted by Crippen LogP contribution is -2.44. The fourth-order valence-corrected chi connectivity index (χ4v) is 4.99. The fourth-order valence-electron chi connectivity index (χ4n) is 4.99. The van der Waals surface area contributed by atoms with Crippen LogP contribution in [0.25, 0.3) is 0 Å². The Morgan fingerprint density at radius 3 is 2.93 bits per heavy atom. The normalized spacial score (nSPS) is 27.0. The molecule has 3 aliphatic rings. The van der Waals surface area contributed by atoms with Crippen molar-refractivity contribution in [2.45, 2.75) is 44.9 Å². The number of ether oxygens (including phenoxy) is 1. The number of methoxy groups -OCH3 is 1. The second kappa shape index (κ2) is 8.70. The van der Waals surface area contributed by atoms with Gasteiger partial charge in [0.2, 0.25) is 11.8 Å². The Hall–Kier alpha value is -1.79. The summed E-state index contributed by atoms with van der Waals surface area (Å²) < 4.78 is 5.47. The topological polar surface area (TPSA) is 70.7 Å². The Labute approximate surface area is 172 Å². The third kappa shape index (κ3) is 3.72. The lowest BCUT2D eigenvalue weighted by molar-refractivity contribution is -0.128. The van der Waals surface area contributed by atoms with E-state index in [1.54, 1.807) is 12.0 Å². The predicted molar refractivity (Wildman–Crippen MR) is 112 cm³/mol. The minimum absolute atomic E-state index is 0. The third-order valence-electron chi connectivity index (χ3n) is 6.54. The Balaban J connectivity index is 0.00000225. The van der Waals surface area contributed by atoms with Crippen LogP contribution in [0.2, 0.25) is 0 Å². The number of hydrogen-bond acceptors (Lipinski definition) is 4. The Morgan fingerprint density at radius 2 is 2.14 bits per heavy atom. The van der Waals surface area contributed by atoms with E-state index in [0.717, 1.165) is 56.6 Å². The molecular formula is C21H30ClN3O3. The van der Waals surface area contributed by atoms with Crippen LogP contribution in [-0.4, -0.2) is 38.6 Å². The lowest BCUT2D eigenvalue weighted by Gasteiger charge is -2.37. The van der Waals surface area contributed by atoms with Crippen LogP contribution in [0, 0.1) is 11.3 Å². The molecular weight excluding hydrogens is 378 g/mol. The zero-order valence-corrected chi connectivity index (χ0v) is 17.3. The van der Waals surface area contributed by atoms with E-state index in [1.807, 2.05) is 18.2 Å². The average molecular weight is 408 g/mol. The van der Waals surface area contributed by atoms with Crippen molar-refractivity contribution in [1.82, 2.24) is 5.32 Å². The van der Waals surface area contributed by atoms with Gasteiger partial charge in [-0.05, 0) is 56.3 Å². The smallest absolute Gasteiger partial charge is 0.232 e. The predicted octanol–water partition coefficient (Wildman–Crippen LogP) is 3.35. The van der Waals surface area contributed by atoms with Gasteiger partial charge in [0.05, 0.1) is 18.2 Å². The van der Waals surface area contributed by atoms with Crippen LogP contribution >= 0.6 is 12.4 Å². The van der Waals surface area contributed by atoms with E-state index in [-0.39, 0.29) is 29.6 Å². The van der Waals surface area contributed by atoms with Crippen molar-refractivity contribution < 1.29 is 14.3 Å². The summed E-state index contributed by atoms with van der Waals surface area (Å²) in [5, 5.41) is 6.57. The summed E-state index contributed by atoms with van der Waals surface area (Å²) in [5.74, 6) is 1.32. The number of amides is 2. The van der Waals surface area contributed by atoms with E-state index in [9.17, 15) is 9.59 Å². The van der Waals surface area contributed by atoms with E-state index in [0.29, 0.717) is 24.6 Å². The van der Waals surface area contributed by atoms with Crippen molar-refractivity contribution in [2.24, 2.45) is 11.3 Å². The second-order valence-electron chi connectivity index (χ2n) is 8.07. The van der Waals surface area contributed by atoms with E-state index < -0.39 is 0 Å². The largest absolute Gasteiger partial charge is 0.495 e. The molecule has 0 radical (unpaired) electrons. The van der Waals surface area contributed by atoms with Gasteiger partial charge in [-0.1, -0.05) is 12.8 Å². The maximum atomic E-state index is 13.2. The van der Waals surface area contributed by atoms with Crippen molar-refractivity contribution >= 4 is 35.6 Å². The van der Waals surface area contributed by atoms with E-state index in [1.165, 1.54) is 6.42 Å². The van der Waals surface area contributed by atoms with E-state index in [4.69, 9.17) is 4.74 Å². The first kappa shape index (κ1) is 20.9. The van der Waals surface area contributed by atoms with Crippen LogP contribution in [0.15, 0.2) is 18.2 Å². The highest BCUT2D eigenvalue weighted by molar-refractivity contribution is 5.99. The quantitative estimate of drug-likeness (QED) is 0.802. The molecule has 2 aliphatic heterocycles. The summed E-state index contributed by atoms with van der Waals surface area (Å²) in [5.41, 5.74) is 1.20. The second-order valence-corrected chi connectivity index (χ2v) is 8.07. The molecule has 0 bridgehead atoms. The molecule has 2 amide bonds. The highest BCUT2D eigenvalue weighted by Gasteiger charge is 2.49. The molecule has 28 heavy (non-hydrogen) atoms. The van der Waals surface area contributed by atoms with E-state index in [2.05, 4.69) is 10.6 Å².